The highest BCUT2D eigenvalue weighted by Gasteiger charge is 2.10. The van der Waals surface area contributed by atoms with Gasteiger partial charge in [0.15, 0.2) is 9.84 Å². The van der Waals surface area contributed by atoms with Gasteiger partial charge in [-0.05, 0) is 12.1 Å². The molecule has 80 valence electrons. The Bertz CT molecular complexity index is 375. The van der Waals surface area contributed by atoms with Gasteiger partial charge in [-0.25, -0.2) is 13.4 Å². The van der Waals surface area contributed by atoms with Crippen LogP contribution in [0.2, 0.25) is 0 Å². The maximum Gasteiger partial charge on any atom is 0.179 e. The Hall–Kier alpha value is -0.810. The SMILES string of the molecule is CCS(=O)(=O)c1ccc(NC)nc1.Cl. The minimum absolute atomic E-state index is 0. The Labute approximate surface area is 90.1 Å². The molecule has 1 rings (SSSR count). The number of nitrogens with zero attached hydrogens (tertiary/aromatic N) is 1. The molecule has 0 unspecified atom stereocenters. The minimum Gasteiger partial charge on any atom is -0.373 e. The average molecular weight is 237 g/mol. The Balaban J connectivity index is 0.00000169. The first-order chi connectivity index (χ1) is 6.10. The van der Waals surface area contributed by atoms with Crippen molar-refractivity contribution in [2.75, 3.05) is 18.1 Å². The molecule has 1 heterocycles. The van der Waals surface area contributed by atoms with Crippen LogP contribution in [0.5, 0.6) is 0 Å². The lowest BCUT2D eigenvalue weighted by Crippen LogP contribution is -2.04. The van der Waals surface area contributed by atoms with E-state index in [2.05, 4.69) is 10.3 Å². The van der Waals surface area contributed by atoms with E-state index in [4.69, 9.17) is 0 Å². The van der Waals surface area contributed by atoms with Gasteiger partial charge >= 0.3 is 0 Å². The van der Waals surface area contributed by atoms with Crippen molar-refractivity contribution in [1.82, 2.24) is 4.98 Å². The molecule has 0 radical (unpaired) electrons. The van der Waals surface area contributed by atoms with Crippen LogP contribution in [-0.2, 0) is 9.84 Å². The Kier molecular flexibility index (Phi) is 4.87. The lowest BCUT2D eigenvalue weighted by molar-refractivity contribution is 0.597. The summed E-state index contributed by atoms with van der Waals surface area (Å²) >= 11 is 0. The fourth-order valence-electron chi connectivity index (χ4n) is 0.879. The number of hydrogen-bond acceptors (Lipinski definition) is 4. The van der Waals surface area contributed by atoms with E-state index in [1.807, 2.05) is 0 Å². The zero-order valence-corrected chi connectivity index (χ0v) is 9.65. The highest BCUT2D eigenvalue weighted by atomic mass is 35.5. The minimum atomic E-state index is -3.11. The second kappa shape index (κ2) is 5.17. The molecule has 0 amide bonds. The molecule has 0 bridgehead atoms. The molecule has 14 heavy (non-hydrogen) atoms. The van der Waals surface area contributed by atoms with E-state index in [0.717, 1.165) is 0 Å². The molecule has 0 aliphatic heterocycles. The normalized spacial score (nSPS) is 10.4. The summed E-state index contributed by atoms with van der Waals surface area (Å²) in [5, 5.41) is 2.82. The van der Waals surface area contributed by atoms with Gasteiger partial charge in [0.25, 0.3) is 0 Å². The van der Waals surface area contributed by atoms with Gasteiger partial charge in [0.1, 0.15) is 5.82 Å². The van der Waals surface area contributed by atoms with E-state index in [0.29, 0.717) is 5.82 Å². The summed E-state index contributed by atoms with van der Waals surface area (Å²) < 4.78 is 22.7. The average Bonchev–Trinajstić information content (AvgIpc) is 2.18. The summed E-state index contributed by atoms with van der Waals surface area (Å²) in [6.45, 7) is 1.61. The van der Waals surface area contributed by atoms with Crippen LogP contribution < -0.4 is 5.32 Å². The van der Waals surface area contributed by atoms with Crippen molar-refractivity contribution in [2.24, 2.45) is 0 Å². The molecule has 0 spiro atoms. The van der Waals surface area contributed by atoms with Gasteiger partial charge in [-0.1, -0.05) is 6.92 Å². The Morgan fingerprint density at radius 2 is 2.07 bits per heavy atom. The Morgan fingerprint density at radius 3 is 2.43 bits per heavy atom. The van der Waals surface area contributed by atoms with Crippen molar-refractivity contribution < 1.29 is 8.42 Å². The second-order valence-corrected chi connectivity index (χ2v) is 4.81. The molecule has 1 aromatic heterocycles. The smallest absolute Gasteiger partial charge is 0.179 e. The van der Waals surface area contributed by atoms with Crippen LogP contribution in [0.25, 0.3) is 0 Å². The molecule has 0 saturated heterocycles. The van der Waals surface area contributed by atoms with Crippen molar-refractivity contribution >= 4 is 28.1 Å². The molecule has 1 aromatic rings. The summed E-state index contributed by atoms with van der Waals surface area (Å²) in [7, 11) is -1.38. The van der Waals surface area contributed by atoms with Gasteiger partial charge < -0.3 is 5.32 Å². The molecule has 4 nitrogen and oxygen atoms in total. The van der Waals surface area contributed by atoms with E-state index >= 15 is 0 Å². The summed E-state index contributed by atoms with van der Waals surface area (Å²) in [6, 6.07) is 3.19. The molecule has 0 aliphatic rings. The fourth-order valence-corrected chi connectivity index (χ4v) is 1.70. The van der Waals surface area contributed by atoms with E-state index < -0.39 is 9.84 Å². The van der Waals surface area contributed by atoms with Crippen molar-refractivity contribution in [3.63, 3.8) is 0 Å². The first-order valence-electron chi connectivity index (χ1n) is 3.96. The maximum atomic E-state index is 11.3. The van der Waals surface area contributed by atoms with Gasteiger partial charge in [-0.2, -0.15) is 0 Å². The molecule has 0 aliphatic carbocycles. The predicted octanol–water partition coefficient (Wildman–Crippen LogP) is 1.34. The summed E-state index contributed by atoms with van der Waals surface area (Å²) in [4.78, 5) is 4.19. The van der Waals surface area contributed by atoms with Gasteiger partial charge in [0.05, 0.1) is 10.6 Å². The first kappa shape index (κ1) is 13.2. The summed E-state index contributed by atoms with van der Waals surface area (Å²) in [6.07, 6.45) is 1.37. The van der Waals surface area contributed by atoms with Crippen molar-refractivity contribution in [3.8, 4) is 0 Å². The zero-order chi connectivity index (χ0) is 9.90. The molecule has 0 atom stereocenters. The van der Waals surface area contributed by atoms with Crippen LogP contribution in [-0.4, -0.2) is 26.2 Å². The van der Waals surface area contributed by atoms with Crippen molar-refractivity contribution in [3.05, 3.63) is 18.3 Å². The van der Waals surface area contributed by atoms with Crippen LogP contribution in [0, 0.1) is 0 Å². The standard InChI is InChI=1S/C8H12N2O2S.ClH/c1-3-13(11,12)7-4-5-8(9-2)10-6-7;/h4-6H,3H2,1-2H3,(H,9,10);1H. The third kappa shape index (κ3) is 2.85. The molecular formula is C8H13ClN2O2S. The van der Waals surface area contributed by atoms with Crippen LogP contribution in [0.4, 0.5) is 5.82 Å². The molecule has 0 aromatic carbocycles. The molecule has 0 saturated carbocycles. The number of sulfone groups is 1. The van der Waals surface area contributed by atoms with Crippen LogP contribution in [0.1, 0.15) is 6.92 Å². The lowest BCUT2D eigenvalue weighted by atomic mass is 10.5. The van der Waals surface area contributed by atoms with Gasteiger partial charge in [0.2, 0.25) is 0 Å². The fraction of sp³-hybridized carbons (Fsp3) is 0.375. The van der Waals surface area contributed by atoms with Gasteiger partial charge in [0, 0.05) is 13.2 Å². The zero-order valence-electron chi connectivity index (χ0n) is 8.02. The van der Waals surface area contributed by atoms with Crippen LogP contribution in [0.15, 0.2) is 23.2 Å². The van der Waals surface area contributed by atoms with E-state index in [1.165, 1.54) is 6.20 Å². The monoisotopic (exact) mass is 236 g/mol. The molecule has 0 fully saturated rings. The van der Waals surface area contributed by atoms with Crippen LogP contribution >= 0.6 is 12.4 Å². The number of hydrogen-bond donors (Lipinski definition) is 1. The number of halogens is 1. The topological polar surface area (TPSA) is 59.1 Å². The summed E-state index contributed by atoms with van der Waals surface area (Å²) in [5.74, 6) is 0.767. The number of nitrogens with one attached hydrogen (secondary N) is 1. The van der Waals surface area contributed by atoms with E-state index in [9.17, 15) is 8.42 Å². The van der Waals surface area contributed by atoms with E-state index in [-0.39, 0.29) is 23.1 Å². The van der Waals surface area contributed by atoms with Gasteiger partial charge in [-0.15, -0.1) is 12.4 Å². The quantitative estimate of drug-likeness (QED) is 0.861. The third-order valence-corrected chi connectivity index (χ3v) is 3.45. The number of rotatable bonds is 3. The number of aromatic nitrogens is 1. The van der Waals surface area contributed by atoms with Crippen molar-refractivity contribution in [1.29, 1.82) is 0 Å². The highest BCUT2D eigenvalue weighted by Crippen LogP contribution is 2.11. The van der Waals surface area contributed by atoms with Crippen LogP contribution in [0.3, 0.4) is 0 Å². The first-order valence-corrected chi connectivity index (χ1v) is 5.62. The largest absolute Gasteiger partial charge is 0.373 e. The van der Waals surface area contributed by atoms with E-state index in [1.54, 1.807) is 26.1 Å². The molecule has 6 heteroatoms. The van der Waals surface area contributed by atoms with Gasteiger partial charge in [-0.3, -0.25) is 0 Å². The highest BCUT2D eigenvalue weighted by molar-refractivity contribution is 7.91. The molecule has 1 N–H and O–H groups in total. The lowest BCUT2D eigenvalue weighted by Gasteiger charge is -2.01. The second-order valence-electron chi connectivity index (χ2n) is 2.53. The molecular weight excluding hydrogens is 224 g/mol. The number of pyridine rings is 1. The number of anilines is 1. The van der Waals surface area contributed by atoms with Crippen molar-refractivity contribution in [2.45, 2.75) is 11.8 Å². The Morgan fingerprint density at radius 1 is 1.43 bits per heavy atom. The maximum absolute atomic E-state index is 11.3. The summed E-state index contributed by atoms with van der Waals surface area (Å²) in [5.41, 5.74) is 0. The predicted molar refractivity (Wildman–Crippen MR) is 58.8 cm³/mol. The third-order valence-electron chi connectivity index (χ3n) is 1.73.